The molecule has 1 fully saturated rings. The Kier molecular flexibility index (Phi) is 5.14. The molecular weight excluding hydrogens is 256 g/mol. The van der Waals surface area contributed by atoms with E-state index in [1.165, 1.54) is 0 Å². The van der Waals surface area contributed by atoms with Gasteiger partial charge in [-0.05, 0) is 32.9 Å². The first kappa shape index (κ1) is 15.0. The molecule has 0 spiro atoms. The quantitative estimate of drug-likeness (QED) is 0.803. The molecule has 0 atom stereocenters. The van der Waals surface area contributed by atoms with Gasteiger partial charge in [0.15, 0.2) is 0 Å². The minimum absolute atomic E-state index is 0.0520. The van der Waals surface area contributed by atoms with E-state index in [1.54, 1.807) is 24.2 Å². The number of carbonyl (C=O) groups excluding carboxylic acids is 1. The fourth-order valence-electron chi connectivity index (χ4n) is 2.66. The fourth-order valence-corrected chi connectivity index (χ4v) is 2.66. The van der Waals surface area contributed by atoms with Gasteiger partial charge in [0.05, 0.1) is 18.4 Å². The van der Waals surface area contributed by atoms with Gasteiger partial charge in [0.1, 0.15) is 0 Å². The average molecular weight is 280 g/mol. The number of aryl methyl sites for hydroxylation is 1. The lowest BCUT2D eigenvalue weighted by Gasteiger charge is -2.37. The van der Waals surface area contributed by atoms with Crippen LogP contribution in [-0.4, -0.2) is 49.0 Å². The van der Waals surface area contributed by atoms with Gasteiger partial charge < -0.3 is 15.4 Å². The molecule has 1 aliphatic heterocycles. The summed E-state index contributed by atoms with van der Waals surface area (Å²) in [7, 11) is 1.72. The summed E-state index contributed by atoms with van der Waals surface area (Å²) in [5.74, 6) is -0.0567. The smallest absolute Gasteiger partial charge is 0.254 e. The molecule has 0 aromatic carbocycles. The van der Waals surface area contributed by atoms with Gasteiger partial charge in [0, 0.05) is 31.8 Å². The van der Waals surface area contributed by atoms with E-state index in [2.05, 4.69) is 15.7 Å². The first-order chi connectivity index (χ1) is 9.69. The van der Waals surface area contributed by atoms with Crippen LogP contribution < -0.4 is 10.6 Å². The number of piperidine rings is 1. The van der Waals surface area contributed by atoms with Crippen LogP contribution in [0.4, 0.5) is 0 Å². The summed E-state index contributed by atoms with van der Waals surface area (Å²) in [6.45, 7) is 6.06. The zero-order chi connectivity index (χ0) is 14.4. The van der Waals surface area contributed by atoms with Crippen molar-refractivity contribution in [3.8, 4) is 0 Å². The van der Waals surface area contributed by atoms with Crippen molar-refractivity contribution in [3.63, 3.8) is 0 Å². The predicted octanol–water partition coefficient (Wildman–Crippen LogP) is 0.649. The maximum absolute atomic E-state index is 12.1. The molecule has 0 radical (unpaired) electrons. The second-order valence-electron chi connectivity index (χ2n) is 5.45. The van der Waals surface area contributed by atoms with Gasteiger partial charge in [-0.3, -0.25) is 9.48 Å². The summed E-state index contributed by atoms with van der Waals surface area (Å²) < 4.78 is 7.10. The number of nitrogens with one attached hydrogen (secondary N) is 2. The number of rotatable bonds is 6. The number of aromatic nitrogens is 2. The van der Waals surface area contributed by atoms with E-state index in [4.69, 9.17) is 4.74 Å². The Labute approximate surface area is 119 Å². The van der Waals surface area contributed by atoms with Gasteiger partial charge >= 0.3 is 0 Å². The largest absolute Gasteiger partial charge is 0.384 e. The Morgan fingerprint density at radius 1 is 1.55 bits per heavy atom. The van der Waals surface area contributed by atoms with Crippen molar-refractivity contribution in [1.29, 1.82) is 0 Å². The second-order valence-corrected chi connectivity index (χ2v) is 5.45. The molecular formula is C14H24N4O2. The van der Waals surface area contributed by atoms with Gasteiger partial charge in [-0.15, -0.1) is 0 Å². The Bertz CT molecular complexity index is 433. The van der Waals surface area contributed by atoms with Gasteiger partial charge in [-0.25, -0.2) is 0 Å². The van der Waals surface area contributed by atoms with Crippen LogP contribution in [0.1, 0.15) is 30.1 Å². The lowest BCUT2D eigenvalue weighted by atomic mass is 9.79. The SMILES string of the molecule is CCn1cc(C(=O)NCC2(COC)CCNCC2)cn1. The average Bonchev–Trinajstić information content (AvgIpc) is 2.95. The number of hydrogen-bond donors (Lipinski definition) is 2. The molecule has 6 heteroatoms. The minimum Gasteiger partial charge on any atom is -0.384 e. The minimum atomic E-state index is -0.0567. The molecule has 6 nitrogen and oxygen atoms in total. The lowest BCUT2D eigenvalue weighted by molar-refractivity contribution is 0.0511. The Morgan fingerprint density at radius 2 is 2.30 bits per heavy atom. The van der Waals surface area contributed by atoms with Crippen LogP contribution in [0.15, 0.2) is 12.4 Å². The van der Waals surface area contributed by atoms with Crippen molar-refractivity contribution in [2.24, 2.45) is 5.41 Å². The molecule has 0 unspecified atom stereocenters. The molecule has 20 heavy (non-hydrogen) atoms. The van der Waals surface area contributed by atoms with Crippen LogP contribution in [0.3, 0.4) is 0 Å². The topological polar surface area (TPSA) is 68.2 Å². The highest BCUT2D eigenvalue weighted by atomic mass is 16.5. The van der Waals surface area contributed by atoms with Crippen LogP contribution in [-0.2, 0) is 11.3 Å². The van der Waals surface area contributed by atoms with Crippen LogP contribution in [0.25, 0.3) is 0 Å². The summed E-state index contributed by atoms with van der Waals surface area (Å²) in [5.41, 5.74) is 0.671. The molecule has 2 heterocycles. The molecule has 0 bridgehead atoms. The molecule has 2 rings (SSSR count). The zero-order valence-corrected chi connectivity index (χ0v) is 12.3. The number of ether oxygens (including phenoxy) is 1. The van der Waals surface area contributed by atoms with Crippen molar-refractivity contribution in [2.45, 2.75) is 26.3 Å². The summed E-state index contributed by atoms with van der Waals surface area (Å²) >= 11 is 0. The van der Waals surface area contributed by atoms with E-state index >= 15 is 0 Å². The highest BCUT2D eigenvalue weighted by Gasteiger charge is 2.32. The lowest BCUT2D eigenvalue weighted by Crippen LogP contribution is -2.47. The molecule has 1 saturated heterocycles. The van der Waals surface area contributed by atoms with E-state index in [1.807, 2.05) is 6.92 Å². The summed E-state index contributed by atoms with van der Waals surface area (Å²) in [6.07, 6.45) is 5.44. The number of nitrogens with zero attached hydrogens (tertiary/aromatic N) is 2. The standard InChI is InChI=1S/C14H24N4O2/c1-3-18-9-12(8-17-18)13(19)16-10-14(11-20-2)4-6-15-7-5-14/h8-9,15H,3-7,10-11H2,1-2H3,(H,16,19). The predicted molar refractivity (Wildman–Crippen MR) is 76.6 cm³/mol. The third-order valence-corrected chi connectivity index (χ3v) is 3.96. The second kappa shape index (κ2) is 6.85. The van der Waals surface area contributed by atoms with E-state index in [9.17, 15) is 4.79 Å². The molecule has 0 aliphatic carbocycles. The van der Waals surface area contributed by atoms with Crippen LogP contribution in [0.2, 0.25) is 0 Å². The highest BCUT2D eigenvalue weighted by molar-refractivity contribution is 5.93. The van der Waals surface area contributed by atoms with E-state index in [0.717, 1.165) is 32.5 Å². The van der Waals surface area contributed by atoms with E-state index in [0.29, 0.717) is 18.7 Å². The number of carbonyl (C=O) groups is 1. The van der Waals surface area contributed by atoms with Gasteiger partial charge in [-0.2, -0.15) is 5.10 Å². The number of amides is 1. The number of hydrogen-bond acceptors (Lipinski definition) is 4. The molecule has 1 aromatic heterocycles. The summed E-state index contributed by atoms with van der Waals surface area (Å²) in [5, 5.41) is 10.5. The molecule has 1 amide bonds. The highest BCUT2D eigenvalue weighted by Crippen LogP contribution is 2.28. The summed E-state index contributed by atoms with van der Waals surface area (Å²) in [4.78, 5) is 12.1. The monoisotopic (exact) mass is 280 g/mol. The number of methoxy groups -OCH3 is 1. The normalized spacial score (nSPS) is 17.9. The van der Waals surface area contributed by atoms with Crippen LogP contribution in [0.5, 0.6) is 0 Å². The third-order valence-electron chi connectivity index (χ3n) is 3.96. The first-order valence-electron chi connectivity index (χ1n) is 7.19. The van der Waals surface area contributed by atoms with Gasteiger partial charge in [0.2, 0.25) is 0 Å². The van der Waals surface area contributed by atoms with E-state index in [-0.39, 0.29) is 11.3 Å². The van der Waals surface area contributed by atoms with Crippen molar-refractivity contribution in [3.05, 3.63) is 18.0 Å². The Morgan fingerprint density at radius 3 is 2.90 bits per heavy atom. The van der Waals surface area contributed by atoms with Gasteiger partial charge in [0.25, 0.3) is 5.91 Å². The maximum Gasteiger partial charge on any atom is 0.254 e. The van der Waals surface area contributed by atoms with Crippen molar-refractivity contribution in [2.75, 3.05) is 33.4 Å². The van der Waals surface area contributed by atoms with Crippen molar-refractivity contribution >= 4 is 5.91 Å². The van der Waals surface area contributed by atoms with Gasteiger partial charge in [-0.1, -0.05) is 0 Å². The van der Waals surface area contributed by atoms with Crippen molar-refractivity contribution in [1.82, 2.24) is 20.4 Å². The molecule has 1 aromatic rings. The van der Waals surface area contributed by atoms with E-state index < -0.39 is 0 Å². The third kappa shape index (κ3) is 3.58. The van der Waals surface area contributed by atoms with Crippen LogP contribution in [0, 0.1) is 5.41 Å². The van der Waals surface area contributed by atoms with Crippen LogP contribution >= 0.6 is 0 Å². The molecule has 2 N–H and O–H groups in total. The summed E-state index contributed by atoms with van der Waals surface area (Å²) in [6, 6.07) is 0. The Hall–Kier alpha value is -1.40. The maximum atomic E-state index is 12.1. The molecule has 1 aliphatic rings. The molecule has 0 saturated carbocycles. The fraction of sp³-hybridized carbons (Fsp3) is 0.714. The first-order valence-corrected chi connectivity index (χ1v) is 7.19. The zero-order valence-electron chi connectivity index (χ0n) is 12.3. The van der Waals surface area contributed by atoms with Crippen molar-refractivity contribution < 1.29 is 9.53 Å². The molecule has 112 valence electrons. The Balaban J connectivity index is 1.93.